The van der Waals surface area contributed by atoms with E-state index < -0.39 is 138 Å². The Morgan fingerprint density at radius 2 is 1.04 bits per heavy atom. The van der Waals surface area contributed by atoms with Crippen molar-refractivity contribution in [1.29, 1.82) is 0 Å². The molecular formula is C71H78F18LiN9O14. The normalized spacial score (nSPS) is 14.9. The van der Waals surface area contributed by atoms with Crippen LogP contribution in [0.15, 0.2) is 54.7 Å². The smallest absolute Gasteiger partial charge is 0.870 e. The summed E-state index contributed by atoms with van der Waals surface area (Å²) >= 11 is 0. The Morgan fingerprint density at radius 1 is 0.575 bits per heavy atom. The van der Waals surface area contributed by atoms with Crippen molar-refractivity contribution in [1.82, 2.24) is 34.3 Å². The van der Waals surface area contributed by atoms with Crippen molar-refractivity contribution in [3.05, 3.63) is 140 Å². The maximum absolute atomic E-state index is 14.2. The number of rotatable bonds is 19. The van der Waals surface area contributed by atoms with Crippen LogP contribution in [0.3, 0.4) is 0 Å². The average molecular weight is 1630 g/mol. The van der Waals surface area contributed by atoms with Gasteiger partial charge in [0.05, 0.1) is 60.5 Å². The quantitative estimate of drug-likeness (QED) is 0.0223. The number of primary amides is 1. The van der Waals surface area contributed by atoms with Crippen LogP contribution < -0.4 is 30.3 Å². The second-order valence-electron chi connectivity index (χ2n) is 25.0. The minimum Gasteiger partial charge on any atom is -0.870 e. The molecule has 618 valence electrons. The number of hydrogen-bond acceptors (Lipinski definition) is 18. The van der Waals surface area contributed by atoms with Crippen LogP contribution in [0.5, 0.6) is 0 Å². The molecule has 42 heteroatoms. The van der Waals surface area contributed by atoms with Crippen molar-refractivity contribution in [2.75, 3.05) is 26.4 Å². The molecule has 6 N–H and O–H groups in total. The number of pyridine rings is 1. The molecule has 1 unspecified atom stereocenters. The zero-order chi connectivity index (χ0) is 83.1. The second-order valence-corrected chi connectivity index (χ2v) is 25.0. The molecule has 2 aromatic carbocycles. The SMILES string of the molecule is CCOC(=O)C(F)(F)F.CCOC(=O)CCN.CCOC(=O)Cn1nc2c(c1C(F)(F)F)CCC2.NC(=O)c1cc(-c2cccnc2[C@@H](CC(=O)Cn2nc3c(c2C(F)(F)F)CCC3)Cc2cc(F)cc(F)c2)ccc1F.O=C(O)Cn1nc2c(c1C(F)(F)F)CCC2.O=C1CCCC1.O=C1CCCC1C(=O)C(F)(F)F.[Li+].[OH-]. The van der Waals surface area contributed by atoms with Crippen molar-refractivity contribution in [3.8, 4) is 11.1 Å². The van der Waals surface area contributed by atoms with Crippen LogP contribution in [0.4, 0.5) is 79.0 Å². The Kier molecular flexibility index (Phi) is 37.8. The Labute approximate surface area is 644 Å². The maximum Gasteiger partial charge on any atom is 1.00 e. The second kappa shape index (κ2) is 43.7. The van der Waals surface area contributed by atoms with Gasteiger partial charge in [0.15, 0.2) is 5.78 Å². The van der Waals surface area contributed by atoms with Gasteiger partial charge in [0.1, 0.15) is 65.7 Å². The Bertz CT molecular complexity index is 4230. The van der Waals surface area contributed by atoms with Crippen molar-refractivity contribution in [3.63, 3.8) is 0 Å². The van der Waals surface area contributed by atoms with E-state index in [9.17, 15) is 122 Å². The van der Waals surface area contributed by atoms with Gasteiger partial charge in [0.25, 0.3) is 5.91 Å². The summed E-state index contributed by atoms with van der Waals surface area (Å²) in [5.41, 5.74) is 10.1. The molecule has 4 aromatic heterocycles. The molecule has 2 atom stereocenters. The molecule has 0 saturated heterocycles. The summed E-state index contributed by atoms with van der Waals surface area (Å²) in [5.74, 6) is -12.8. The van der Waals surface area contributed by atoms with E-state index in [2.05, 4.69) is 34.5 Å². The first-order valence-electron chi connectivity index (χ1n) is 34.5. The third-order valence-corrected chi connectivity index (χ3v) is 16.8. The largest absolute Gasteiger partial charge is 1.00 e. The predicted octanol–water partition coefficient (Wildman–Crippen LogP) is 9.84. The molecule has 11 rings (SSSR count). The number of nitrogens with two attached hydrogens (primary N) is 2. The predicted molar refractivity (Wildman–Crippen MR) is 354 cm³/mol. The van der Waals surface area contributed by atoms with E-state index in [1.54, 1.807) is 26.0 Å². The number of carbonyl (C=O) groups is 9. The molecule has 113 heavy (non-hydrogen) atoms. The molecule has 0 bridgehead atoms. The number of aliphatic carboxylic acids is 1. The van der Waals surface area contributed by atoms with Gasteiger partial charge >= 0.3 is 73.6 Å². The Balaban J connectivity index is 0.000000386. The molecule has 1 amide bonds. The molecule has 6 aromatic rings. The van der Waals surface area contributed by atoms with E-state index in [1.807, 2.05) is 0 Å². The third kappa shape index (κ3) is 29.5. The molecule has 2 saturated carbocycles. The number of hydrogen-bond donors (Lipinski definition) is 3. The summed E-state index contributed by atoms with van der Waals surface area (Å²) in [7, 11) is 0. The van der Waals surface area contributed by atoms with Crippen molar-refractivity contribution in [2.24, 2.45) is 17.4 Å². The molecule has 5 aliphatic rings. The minimum absolute atomic E-state index is 0. The summed E-state index contributed by atoms with van der Waals surface area (Å²) in [4.78, 5) is 103. The monoisotopic (exact) mass is 1630 g/mol. The zero-order valence-corrected chi connectivity index (χ0v) is 61.1. The van der Waals surface area contributed by atoms with E-state index in [0.29, 0.717) is 127 Å². The van der Waals surface area contributed by atoms with Gasteiger partial charge in [-0.3, -0.25) is 48.0 Å². The van der Waals surface area contributed by atoms with Crippen LogP contribution in [0.1, 0.15) is 176 Å². The number of aryl methyl sites for hydroxylation is 3. The molecule has 2 fully saturated rings. The molecule has 0 aliphatic heterocycles. The number of aromatic nitrogens is 7. The fraction of sp³-hybridized carbons (Fsp3) is 0.507. The van der Waals surface area contributed by atoms with Gasteiger partial charge in [-0.2, -0.15) is 81.2 Å². The molecule has 4 heterocycles. The van der Waals surface area contributed by atoms with Gasteiger partial charge in [-0.15, -0.1) is 0 Å². The Hall–Kier alpha value is -9.49. The molecule has 23 nitrogen and oxygen atoms in total. The standard InChI is InChI=1S/C30H24F6N4O2.C11H13F3N2O2.C9H9F3N2O2.C7H7F3O2.C5H11NO2.C5H8O.C4H5F3O2.Li.H2O/c31-19-10-16(11-20(32)14-19)9-18(12-21(41)15-40-28(30(34,35)36)23-3-1-5-26(23)39-40)27-22(4-2-8-38-27)17-6-7-25(33)24(13-17)29(37)42;1-2-18-9(17)6-16-10(11(12,13)14)7-4-3-5-8(7)15-16;10-9(11,12)8-5-2-1-3-6(5)13-14(8)4-7(15)16;8-7(9,10)6(12)4-2-1-3-5(4)11;1-2-8-5(7)3-4-6;6-5-3-1-2-4-5;1-2-9-3(8)4(5,6)7;;/h2,4,6-8,10-11,13-14,18H,1,3,5,9,12,15H2,(H2,37,42);2-6H2,1H3;1-4H2,(H,15,16);4H,1-3H2;2-4,6H2,1H3;1-4H2;2H2,1H3;;1H2/q;;;;;;;+1;/p-1/t18-;;;;;;;;/m1......../s1. The van der Waals surface area contributed by atoms with Crippen LogP contribution in [-0.2, 0) is 136 Å². The van der Waals surface area contributed by atoms with E-state index in [1.165, 1.54) is 25.3 Å². The third-order valence-electron chi connectivity index (χ3n) is 16.8. The van der Waals surface area contributed by atoms with Gasteiger partial charge < -0.3 is 36.3 Å². The summed E-state index contributed by atoms with van der Waals surface area (Å²) in [6.07, 6.45) is -13.4. The van der Waals surface area contributed by atoms with Gasteiger partial charge in [0.2, 0.25) is 5.78 Å². The van der Waals surface area contributed by atoms with E-state index in [4.69, 9.17) is 16.6 Å². The number of amides is 1. The number of carbonyl (C=O) groups excluding carboxylic acids is 8. The fourth-order valence-corrected chi connectivity index (χ4v) is 12.4. The van der Waals surface area contributed by atoms with E-state index in [-0.39, 0.29) is 109 Å². The van der Waals surface area contributed by atoms with E-state index >= 15 is 0 Å². The first-order chi connectivity index (χ1) is 51.8. The summed E-state index contributed by atoms with van der Waals surface area (Å²) < 4.78 is 245. The van der Waals surface area contributed by atoms with Gasteiger partial charge in [-0.1, -0.05) is 12.1 Å². The summed E-state index contributed by atoms with van der Waals surface area (Å²) in [5, 5.41) is 20.2. The summed E-state index contributed by atoms with van der Waals surface area (Å²) in [6.45, 7) is 3.48. The van der Waals surface area contributed by atoms with Crippen LogP contribution >= 0.6 is 0 Å². The van der Waals surface area contributed by atoms with Gasteiger partial charge in [0, 0.05) is 72.7 Å². The number of fused-ring (bicyclic) bond motifs is 3. The molecule has 0 radical (unpaired) electrons. The van der Waals surface area contributed by atoms with E-state index in [0.717, 1.165) is 48.6 Å². The van der Waals surface area contributed by atoms with Crippen LogP contribution in [0.25, 0.3) is 11.1 Å². The first-order valence-corrected chi connectivity index (χ1v) is 34.5. The molecular weight excluding hydrogens is 1550 g/mol. The van der Waals surface area contributed by atoms with Crippen molar-refractivity contribution < 1.29 is 166 Å². The van der Waals surface area contributed by atoms with Crippen LogP contribution in [0.2, 0.25) is 0 Å². The number of alkyl halides is 15. The number of nitrogens with zero attached hydrogens (tertiary/aromatic N) is 7. The van der Waals surface area contributed by atoms with Crippen molar-refractivity contribution in [2.45, 2.75) is 199 Å². The molecule has 0 spiro atoms. The number of Topliss-reactive ketones (excluding diaryl/α,β-unsaturated/α-hetero) is 4. The van der Waals surface area contributed by atoms with Gasteiger partial charge in [-0.05, 0) is 152 Å². The molecule has 5 aliphatic carbocycles. The fourth-order valence-electron chi connectivity index (χ4n) is 12.4. The minimum atomic E-state index is -4.86. The van der Waals surface area contributed by atoms with Crippen molar-refractivity contribution >= 4 is 52.9 Å². The van der Waals surface area contributed by atoms with Crippen LogP contribution in [-0.4, -0.2) is 137 Å². The number of esters is 3. The number of carboxylic acids is 1. The number of ether oxygens (including phenoxy) is 3. The maximum atomic E-state index is 14.2. The number of halogens is 18. The number of ketones is 4. The van der Waals surface area contributed by atoms with Gasteiger partial charge in [-0.25, -0.2) is 27.3 Å². The zero-order valence-electron chi connectivity index (χ0n) is 61.1. The summed E-state index contributed by atoms with van der Waals surface area (Å²) in [6, 6.07) is 9.68. The number of carboxylic acid groups (broad SMARTS) is 1. The topological polar surface area (TPSA) is 350 Å². The average Bonchev–Trinajstić information content (AvgIpc) is 1.64. The number of benzene rings is 2. The van der Waals surface area contributed by atoms with Crippen LogP contribution in [0, 0.1) is 23.4 Å². The first kappa shape index (κ1) is 97.7. The Morgan fingerprint density at radius 3 is 1.43 bits per heavy atom.